The standard InChI is InChI=1S/C14H19NO2/c1-11(2)17-8-7-15-6-5-13-9-12(10-16)3-4-14(13)15/h3-6,9,11,16H,7-8,10H2,1-2H3. The number of nitrogens with zero attached hydrogens (tertiary/aromatic N) is 1. The van der Waals surface area contributed by atoms with Gasteiger partial charge in [-0.15, -0.1) is 0 Å². The number of benzene rings is 1. The minimum atomic E-state index is 0.0948. The Morgan fingerprint density at radius 3 is 2.82 bits per heavy atom. The number of fused-ring (bicyclic) bond motifs is 1. The SMILES string of the molecule is CC(C)OCCn1ccc2cc(CO)ccc21. The summed E-state index contributed by atoms with van der Waals surface area (Å²) >= 11 is 0. The maximum Gasteiger partial charge on any atom is 0.0682 e. The van der Waals surface area contributed by atoms with E-state index in [1.54, 1.807) is 0 Å². The molecule has 0 unspecified atom stereocenters. The molecule has 0 radical (unpaired) electrons. The average Bonchev–Trinajstić information content (AvgIpc) is 2.71. The third-order valence-corrected chi connectivity index (χ3v) is 2.80. The van der Waals surface area contributed by atoms with Crippen LogP contribution < -0.4 is 0 Å². The summed E-state index contributed by atoms with van der Waals surface area (Å²) in [4.78, 5) is 0. The Balaban J connectivity index is 2.13. The second kappa shape index (κ2) is 5.34. The van der Waals surface area contributed by atoms with E-state index in [0.717, 1.165) is 18.7 Å². The average molecular weight is 233 g/mol. The summed E-state index contributed by atoms with van der Waals surface area (Å²) in [6.45, 7) is 5.77. The molecule has 0 amide bonds. The molecule has 92 valence electrons. The summed E-state index contributed by atoms with van der Waals surface area (Å²) in [7, 11) is 0. The van der Waals surface area contributed by atoms with Gasteiger partial charge in [0, 0.05) is 18.3 Å². The van der Waals surface area contributed by atoms with Crippen molar-refractivity contribution in [2.24, 2.45) is 0 Å². The van der Waals surface area contributed by atoms with Crippen LogP contribution in [-0.4, -0.2) is 22.4 Å². The van der Waals surface area contributed by atoms with Gasteiger partial charge in [-0.05, 0) is 43.0 Å². The van der Waals surface area contributed by atoms with Gasteiger partial charge in [0.2, 0.25) is 0 Å². The van der Waals surface area contributed by atoms with E-state index in [1.165, 1.54) is 10.9 Å². The monoisotopic (exact) mass is 233 g/mol. The van der Waals surface area contributed by atoms with E-state index in [0.29, 0.717) is 0 Å². The zero-order valence-corrected chi connectivity index (χ0v) is 10.4. The summed E-state index contributed by atoms with van der Waals surface area (Å²) < 4.78 is 7.73. The molecule has 2 rings (SSSR count). The van der Waals surface area contributed by atoms with Gasteiger partial charge in [-0.3, -0.25) is 0 Å². The molecule has 1 aromatic carbocycles. The minimum absolute atomic E-state index is 0.0948. The van der Waals surface area contributed by atoms with E-state index < -0.39 is 0 Å². The van der Waals surface area contributed by atoms with Gasteiger partial charge in [0.15, 0.2) is 0 Å². The fourth-order valence-electron chi connectivity index (χ4n) is 1.93. The molecule has 1 N–H and O–H groups in total. The van der Waals surface area contributed by atoms with Crippen LogP contribution in [0.2, 0.25) is 0 Å². The molecule has 0 saturated carbocycles. The fourth-order valence-corrected chi connectivity index (χ4v) is 1.93. The summed E-state index contributed by atoms with van der Waals surface area (Å²) in [6, 6.07) is 8.11. The molecule has 0 bridgehead atoms. The quantitative estimate of drug-likeness (QED) is 0.861. The van der Waals surface area contributed by atoms with E-state index in [4.69, 9.17) is 9.84 Å². The predicted molar refractivity (Wildman–Crippen MR) is 68.9 cm³/mol. The van der Waals surface area contributed by atoms with Crippen LogP contribution in [-0.2, 0) is 17.9 Å². The van der Waals surface area contributed by atoms with Crippen LogP contribution in [0.4, 0.5) is 0 Å². The fraction of sp³-hybridized carbons (Fsp3) is 0.429. The highest BCUT2D eigenvalue weighted by molar-refractivity contribution is 5.80. The third-order valence-electron chi connectivity index (χ3n) is 2.80. The lowest BCUT2D eigenvalue weighted by Crippen LogP contribution is -2.09. The first kappa shape index (κ1) is 12.1. The van der Waals surface area contributed by atoms with Crippen molar-refractivity contribution in [2.45, 2.75) is 33.1 Å². The molecule has 0 aliphatic heterocycles. The first-order valence-electron chi connectivity index (χ1n) is 6.01. The Bertz CT molecular complexity index is 488. The molecule has 0 aliphatic rings. The molecular weight excluding hydrogens is 214 g/mol. The largest absolute Gasteiger partial charge is 0.392 e. The molecule has 1 aromatic heterocycles. The molecule has 0 fully saturated rings. The van der Waals surface area contributed by atoms with Crippen LogP contribution in [0.15, 0.2) is 30.5 Å². The van der Waals surface area contributed by atoms with Gasteiger partial charge in [0.1, 0.15) is 0 Å². The molecule has 0 spiro atoms. The number of aliphatic hydroxyl groups excluding tert-OH is 1. The minimum Gasteiger partial charge on any atom is -0.392 e. The van der Waals surface area contributed by atoms with Crippen LogP contribution in [0.3, 0.4) is 0 Å². The smallest absolute Gasteiger partial charge is 0.0682 e. The first-order chi connectivity index (χ1) is 8.20. The lowest BCUT2D eigenvalue weighted by Gasteiger charge is -2.09. The predicted octanol–water partition coefficient (Wildman–Crippen LogP) is 2.56. The molecule has 0 atom stereocenters. The second-order valence-corrected chi connectivity index (χ2v) is 4.48. The lowest BCUT2D eigenvalue weighted by atomic mass is 10.2. The van der Waals surface area contributed by atoms with Crippen molar-refractivity contribution < 1.29 is 9.84 Å². The Hall–Kier alpha value is -1.32. The Morgan fingerprint density at radius 2 is 2.12 bits per heavy atom. The van der Waals surface area contributed by atoms with Crippen molar-refractivity contribution in [1.29, 1.82) is 0 Å². The van der Waals surface area contributed by atoms with Gasteiger partial charge in [-0.1, -0.05) is 6.07 Å². The van der Waals surface area contributed by atoms with Gasteiger partial charge in [0.05, 0.1) is 19.3 Å². The Morgan fingerprint density at radius 1 is 1.29 bits per heavy atom. The zero-order chi connectivity index (χ0) is 12.3. The maximum absolute atomic E-state index is 9.08. The molecule has 2 aromatic rings. The Labute approximate surface area is 102 Å². The summed E-state index contributed by atoms with van der Waals surface area (Å²) in [5, 5.41) is 10.2. The molecule has 3 heteroatoms. The van der Waals surface area contributed by atoms with E-state index in [9.17, 15) is 0 Å². The van der Waals surface area contributed by atoms with Crippen molar-refractivity contribution in [3.8, 4) is 0 Å². The van der Waals surface area contributed by atoms with Gasteiger partial charge < -0.3 is 14.4 Å². The second-order valence-electron chi connectivity index (χ2n) is 4.48. The number of aromatic nitrogens is 1. The maximum atomic E-state index is 9.08. The van der Waals surface area contributed by atoms with Crippen molar-refractivity contribution in [1.82, 2.24) is 4.57 Å². The van der Waals surface area contributed by atoms with Crippen LogP contribution in [0.1, 0.15) is 19.4 Å². The van der Waals surface area contributed by atoms with Gasteiger partial charge in [-0.25, -0.2) is 0 Å². The first-order valence-corrected chi connectivity index (χ1v) is 6.01. The molecule has 17 heavy (non-hydrogen) atoms. The van der Waals surface area contributed by atoms with Crippen molar-refractivity contribution in [3.05, 3.63) is 36.0 Å². The van der Waals surface area contributed by atoms with Crippen molar-refractivity contribution in [2.75, 3.05) is 6.61 Å². The van der Waals surface area contributed by atoms with Crippen molar-refractivity contribution in [3.63, 3.8) is 0 Å². The number of aliphatic hydroxyl groups is 1. The third kappa shape index (κ3) is 2.87. The van der Waals surface area contributed by atoms with Gasteiger partial charge >= 0.3 is 0 Å². The Kier molecular flexibility index (Phi) is 3.82. The summed E-state index contributed by atoms with van der Waals surface area (Å²) in [5.41, 5.74) is 2.14. The van der Waals surface area contributed by atoms with Gasteiger partial charge in [0.25, 0.3) is 0 Å². The van der Waals surface area contributed by atoms with E-state index >= 15 is 0 Å². The number of rotatable bonds is 5. The van der Waals surface area contributed by atoms with Crippen LogP contribution in [0.5, 0.6) is 0 Å². The molecule has 1 heterocycles. The van der Waals surface area contributed by atoms with E-state index in [-0.39, 0.29) is 12.7 Å². The molecule has 3 nitrogen and oxygen atoms in total. The molecule has 0 saturated heterocycles. The number of ether oxygens (including phenoxy) is 1. The lowest BCUT2D eigenvalue weighted by molar-refractivity contribution is 0.0733. The highest BCUT2D eigenvalue weighted by Crippen LogP contribution is 2.17. The number of hydrogen-bond acceptors (Lipinski definition) is 2. The van der Waals surface area contributed by atoms with Crippen molar-refractivity contribution >= 4 is 10.9 Å². The van der Waals surface area contributed by atoms with E-state index in [1.807, 2.05) is 26.0 Å². The highest BCUT2D eigenvalue weighted by atomic mass is 16.5. The molecule has 0 aliphatic carbocycles. The van der Waals surface area contributed by atoms with Gasteiger partial charge in [-0.2, -0.15) is 0 Å². The summed E-state index contributed by atoms with van der Waals surface area (Å²) in [5.74, 6) is 0. The normalized spacial score (nSPS) is 11.5. The number of hydrogen-bond donors (Lipinski definition) is 1. The van der Waals surface area contributed by atoms with E-state index in [2.05, 4.69) is 22.9 Å². The topological polar surface area (TPSA) is 34.4 Å². The zero-order valence-electron chi connectivity index (χ0n) is 10.4. The molecular formula is C14H19NO2. The summed E-state index contributed by atoms with van der Waals surface area (Å²) in [6.07, 6.45) is 2.34. The van der Waals surface area contributed by atoms with Crippen LogP contribution in [0.25, 0.3) is 10.9 Å². The highest BCUT2D eigenvalue weighted by Gasteiger charge is 2.02. The van der Waals surface area contributed by atoms with Crippen LogP contribution in [0, 0.1) is 0 Å². The van der Waals surface area contributed by atoms with Crippen LogP contribution >= 0.6 is 0 Å².